The standard InChI is InChI=1S/C15H11NO3S/c1-9-8-10(6-7-11(9)14(17)18)20-15-16-12-4-2-3-5-13(12)19-15/h2-8H,1H3,(H,17,18). The van der Waals surface area contributed by atoms with Crippen LogP contribution in [0.2, 0.25) is 0 Å². The smallest absolute Gasteiger partial charge is 0.335 e. The van der Waals surface area contributed by atoms with E-state index in [1.165, 1.54) is 11.8 Å². The summed E-state index contributed by atoms with van der Waals surface area (Å²) in [5, 5.41) is 9.55. The number of aromatic nitrogens is 1. The molecule has 0 fully saturated rings. The van der Waals surface area contributed by atoms with E-state index in [-0.39, 0.29) is 0 Å². The van der Waals surface area contributed by atoms with E-state index in [9.17, 15) is 4.79 Å². The van der Waals surface area contributed by atoms with Crippen LogP contribution < -0.4 is 0 Å². The third kappa shape index (κ3) is 2.40. The predicted molar refractivity (Wildman–Crippen MR) is 76.3 cm³/mol. The monoisotopic (exact) mass is 285 g/mol. The van der Waals surface area contributed by atoms with Crippen molar-refractivity contribution in [3.05, 3.63) is 53.6 Å². The Morgan fingerprint density at radius 1 is 1.25 bits per heavy atom. The van der Waals surface area contributed by atoms with E-state index in [4.69, 9.17) is 9.52 Å². The molecule has 1 aromatic heterocycles. The molecule has 5 heteroatoms. The van der Waals surface area contributed by atoms with Gasteiger partial charge in [-0.15, -0.1) is 0 Å². The molecule has 0 aliphatic rings. The highest BCUT2D eigenvalue weighted by molar-refractivity contribution is 7.99. The lowest BCUT2D eigenvalue weighted by molar-refractivity contribution is 0.0696. The van der Waals surface area contributed by atoms with Crippen LogP contribution in [0.3, 0.4) is 0 Å². The number of benzene rings is 2. The topological polar surface area (TPSA) is 63.3 Å². The molecule has 0 aliphatic heterocycles. The van der Waals surface area contributed by atoms with Crippen LogP contribution in [-0.2, 0) is 0 Å². The van der Waals surface area contributed by atoms with Crippen LogP contribution in [0, 0.1) is 6.92 Å². The molecule has 0 saturated carbocycles. The third-order valence-electron chi connectivity index (χ3n) is 2.91. The Bertz CT molecular complexity index is 762. The number of carbonyl (C=O) groups is 1. The number of carboxylic acid groups (broad SMARTS) is 1. The van der Waals surface area contributed by atoms with E-state index >= 15 is 0 Å². The van der Waals surface area contributed by atoms with E-state index in [0.29, 0.717) is 10.8 Å². The van der Waals surface area contributed by atoms with Crippen molar-refractivity contribution < 1.29 is 14.3 Å². The van der Waals surface area contributed by atoms with Gasteiger partial charge in [-0.3, -0.25) is 0 Å². The minimum absolute atomic E-state index is 0.312. The van der Waals surface area contributed by atoms with Crippen LogP contribution in [0.5, 0.6) is 0 Å². The second-order valence-electron chi connectivity index (χ2n) is 4.33. The highest BCUT2D eigenvalue weighted by Crippen LogP contribution is 2.30. The van der Waals surface area contributed by atoms with E-state index < -0.39 is 5.97 Å². The molecule has 1 N–H and O–H groups in total. The number of para-hydroxylation sites is 2. The Morgan fingerprint density at radius 3 is 2.75 bits per heavy atom. The van der Waals surface area contributed by atoms with Crippen molar-refractivity contribution in [1.29, 1.82) is 0 Å². The normalized spacial score (nSPS) is 10.8. The first-order chi connectivity index (χ1) is 9.63. The van der Waals surface area contributed by atoms with Crippen LogP contribution in [-0.4, -0.2) is 16.1 Å². The summed E-state index contributed by atoms with van der Waals surface area (Å²) < 4.78 is 5.63. The molecule has 0 bridgehead atoms. The van der Waals surface area contributed by atoms with Crippen molar-refractivity contribution in [3.8, 4) is 0 Å². The molecule has 0 spiro atoms. The van der Waals surface area contributed by atoms with Crippen LogP contribution >= 0.6 is 11.8 Å². The number of fused-ring (bicyclic) bond motifs is 1. The molecule has 20 heavy (non-hydrogen) atoms. The fourth-order valence-corrected chi connectivity index (χ4v) is 2.78. The highest BCUT2D eigenvalue weighted by Gasteiger charge is 2.10. The number of aromatic carboxylic acids is 1. The number of hydrogen-bond donors (Lipinski definition) is 1. The van der Waals surface area contributed by atoms with Gasteiger partial charge in [-0.05, 0) is 54.6 Å². The maximum atomic E-state index is 11.0. The van der Waals surface area contributed by atoms with Crippen molar-refractivity contribution in [2.45, 2.75) is 17.0 Å². The SMILES string of the molecule is Cc1cc(Sc2nc3ccccc3o2)ccc1C(=O)O. The fraction of sp³-hybridized carbons (Fsp3) is 0.0667. The van der Waals surface area contributed by atoms with Gasteiger partial charge in [0, 0.05) is 4.90 Å². The maximum absolute atomic E-state index is 11.0. The molecule has 4 nitrogen and oxygen atoms in total. The zero-order valence-electron chi connectivity index (χ0n) is 10.7. The summed E-state index contributed by atoms with van der Waals surface area (Å²) in [6.07, 6.45) is 0. The summed E-state index contributed by atoms with van der Waals surface area (Å²) in [6, 6.07) is 12.7. The van der Waals surface area contributed by atoms with Gasteiger partial charge in [0.2, 0.25) is 0 Å². The molecule has 2 aromatic carbocycles. The Kier molecular flexibility index (Phi) is 3.20. The maximum Gasteiger partial charge on any atom is 0.335 e. The first kappa shape index (κ1) is 12.7. The quantitative estimate of drug-likeness (QED) is 0.788. The van der Waals surface area contributed by atoms with Gasteiger partial charge < -0.3 is 9.52 Å². The minimum Gasteiger partial charge on any atom is -0.478 e. The average Bonchev–Trinajstić information content (AvgIpc) is 2.80. The summed E-state index contributed by atoms with van der Waals surface area (Å²) in [5.41, 5.74) is 2.59. The van der Waals surface area contributed by atoms with Gasteiger partial charge in [-0.1, -0.05) is 12.1 Å². The van der Waals surface area contributed by atoms with Crippen LogP contribution in [0.25, 0.3) is 11.1 Å². The lowest BCUT2D eigenvalue weighted by Crippen LogP contribution is -1.98. The van der Waals surface area contributed by atoms with Crippen LogP contribution in [0.4, 0.5) is 0 Å². The Hall–Kier alpha value is -2.27. The van der Waals surface area contributed by atoms with E-state index in [1.807, 2.05) is 30.3 Å². The molecule has 0 unspecified atom stereocenters. The first-order valence-electron chi connectivity index (χ1n) is 6.01. The molecule has 0 amide bonds. The minimum atomic E-state index is -0.916. The predicted octanol–water partition coefficient (Wildman–Crippen LogP) is 3.99. The van der Waals surface area contributed by atoms with Gasteiger partial charge in [-0.2, -0.15) is 0 Å². The number of nitrogens with zero attached hydrogens (tertiary/aromatic N) is 1. The first-order valence-corrected chi connectivity index (χ1v) is 6.82. The number of rotatable bonds is 3. The molecular weight excluding hydrogens is 274 g/mol. The summed E-state index contributed by atoms with van der Waals surface area (Å²) in [5.74, 6) is -0.916. The van der Waals surface area contributed by atoms with Crippen molar-refractivity contribution in [3.63, 3.8) is 0 Å². The summed E-state index contributed by atoms with van der Waals surface area (Å²) in [4.78, 5) is 16.2. The van der Waals surface area contributed by atoms with Crippen LogP contribution in [0.15, 0.2) is 57.0 Å². The molecule has 3 aromatic rings. The molecule has 0 aliphatic carbocycles. The number of hydrogen-bond acceptors (Lipinski definition) is 4. The van der Waals surface area contributed by atoms with Gasteiger partial charge in [0.1, 0.15) is 5.52 Å². The van der Waals surface area contributed by atoms with Crippen LogP contribution in [0.1, 0.15) is 15.9 Å². The molecule has 100 valence electrons. The molecule has 0 radical (unpaired) electrons. The third-order valence-corrected chi connectivity index (χ3v) is 3.75. The van der Waals surface area contributed by atoms with E-state index in [0.717, 1.165) is 21.6 Å². The zero-order valence-corrected chi connectivity index (χ0v) is 11.5. The van der Waals surface area contributed by atoms with Crippen molar-refractivity contribution in [2.24, 2.45) is 0 Å². The molecule has 0 atom stereocenters. The number of aryl methyl sites for hydroxylation is 1. The highest BCUT2D eigenvalue weighted by atomic mass is 32.2. The van der Waals surface area contributed by atoms with Gasteiger partial charge >= 0.3 is 5.97 Å². The van der Waals surface area contributed by atoms with E-state index in [1.54, 1.807) is 19.1 Å². The summed E-state index contributed by atoms with van der Waals surface area (Å²) >= 11 is 1.38. The Morgan fingerprint density at radius 2 is 2.05 bits per heavy atom. The molecular formula is C15H11NO3S. The number of carboxylic acids is 1. The largest absolute Gasteiger partial charge is 0.478 e. The molecule has 3 rings (SSSR count). The van der Waals surface area contributed by atoms with Gasteiger partial charge in [-0.25, -0.2) is 9.78 Å². The fourth-order valence-electron chi connectivity index (χ4n) is 1.94. The van der Waals surface area contributed by atoms with Crippen molar-refractivity contribution in [2.75, 3.05) is 0 Å². The Labute approximate surface area is 119 Å². The van der Waals surface area contributed by atoms with Gasteiger partial charge in [0.15, 0.2) is 5.58 Å². The molecule has 1 heterocycles. The lowest BCUT2D eigenvalue weighted by atomic mass is 10.1. The van der Waals surface area contributed by atoms with Crippen molar-refractivity contribution >= 4 is 28.8 Å². The second-order valence-corrected chi connectivity index (χ2v) is 5.36. The van der Waals surface area contributed by atoms with Crippen molar-refractivity contribution in [1.82, 2.24) is 4.98 Å². The zero-order chi connectivity index (χ0) is 14.1. The molecule has 0 saturated heterocycles. The summed E-state index contributed by atoms with van der Waals surface area (Å²) in [7, 11) is 0. The van der Waals surface area contributed by atoms with E-state index in [2.05, 4.69) is 4.98 Å². The number of oxazole rings is 1. The Balaban J connectivity index is 1.90. The lowest BCUT2D eigenvalue weighted by Gasteiger charge is -2.02. The second kappa shape index (κ2) is 5.02. The van der Waals surface area contributed by atoms with Gasteiger partial charge in [0.25, 0.3) is 5.22 Å². The average molecular weight is 285 g/mol. The van der Waals surface area contributed by atoms with Gasteiger partial charge in [0.05, 0.1) is 5.56 Å². The summed E-state index contributed by atoms with van der Waals surface area (Å²) in [6.45, 7) is 1.78.